The molecule has 0 saturated carbocycles. The Bertz CT molecular complexity index is 402. The Kier molecular flexibility index (Phi) is 5.50. The minimum Gasteiger partial charge on any atom is -0.127 e. The molecule has 2 heteroatoms. The third-order valence-electron chi connectivity index (χ3n) is 3.28. The summed E-state index contributed by atoms with van der Waals surface area (Å²) in [6.07, 6.45) is 1.16. The number of hydrogen-bond acceptors (Lipinski definition) is 0. The van der Waals surface area contributed by atoms with Gasteiger partial charge in [-0.1, -0.05) is 66.7 Å². The predicted octanol–water partition coefficient (Wildman–Crippen LogP) is 3.99. The van der Waals surface area contributed by atoms with Crippen LogP contribution in [-0.4, -0.2) is 15.4 Å². The highest BCUT2D eigenvalue weighted by Crippen LogP contribution is 2.24. The van der Waals surface area contributed by atoms with Gasteiger partial charge in [0.15, 0.2) is 0 Å². The normalized spacial score (nSPS) is 11.4. The molecular weight excluding hydrogens is 256 g/mol. The summed E-state index contributed by atoms with van der Waals surface area (Å²) in [5, 5.41) is 0. The Morgan fingerprint density at radius 3 is 1.78 bits per heavy atom. The highest BCUT2D eigenvalue weighted by molar-refractivity contribution is 6.39. The maximum Gasteiger partial charge on any atom is 0.0343 e. The van der Waals surface area contributed by atoms with Gasteiger partial charge in [-0.25, -0.2) is 0 Å². The average Bonchev–Trinajstić information content (AvgIpc) is 2.46. The van der Waals surface area contributed by atoms with Crippen LogP contribution >= 0.6 is 11.6 Å². The van der Waals surface area contributed by atoms with Crippen molar-refractivity contribution in [2.24, 2.45) is 0 Å². The summed E-state index contributed by atoms with van der Waals surface area (Å²) in [4.78, 5) is 0. The maximum absolute atomic E-state index is 5.80. The van der Waals surface area contributed by atoms with Crippen molar-refractivity contribution in [1.82, 2.24) is 0 Å². The topological polar surface area (TPSA) is 0 Å². The lowest BCUT2D eigenvalue weighted by atomic mass is 10.0. The lowest BCUT2D eigenvalue weighted by Gasteiger charge is -2.17. The Hall–Kier alpha value is -1.05. The van der Waals surface area contributed by atoms with Crippen LogP contribution in [0.5, 0.6) is 0 Å². The van der Waals surface area contributed by atoms with E-state index in [1.165, 1.54) is 17.2 Å². The van der Waals surface area contributed by atoms with Crippen molar-refractivity contribution in [3.8, 4) is 0 Å². The monoisotopic (exact) mass is 274 g/mol. The second kappa shape index (κ2) is 7.40. The lowest BCUT2D eigenvalue weighted by molar-refractivity contribution is 1.04. The van der Waals surface area contributed by atoms with E-state index in [0.717, 1.165) is 12.3 Å². The molecule has 0 unspecified atom stereocenters. The molecule has 0 spiro atoms. The van der Waals surface area contributed by atoms with E-state index < -0.39 is 0 Å². The fourth-order valence-corrected chi connectivity index (χ4v) is 5.00. The SMILES string of the molecule is ClCCC[SiH2]C(c1ccccc1)c1ccccc1. The first-order chi connectivity index (χ1) is 8.92. The summed E-state index contributed by atoms with van der Waals surface area (Å²) >= 11 is 5.80. The largest absolute Gasteiger partial charge is 0.127 e. The van der Waals surface area contributed by atoms with Gasteiger partial charge in [0.1, 0.15) is 0 Å². The number of rotatable bonds is 6. The van der Waals surface area contributed by atoms with Crippen molar-refractivity contribution in [2.75, 3.05) is 5.88 Å². The van der Waals surface area contributed by atoms with E-state index in [4.69, 9.17) is 11.6 Å². The van der Waals surface area contributed by atoms with Crippen LogP contribution in [-0.2, 0) is 0 Å². The van der Waals surface area contributed by atoms with E-state index >= 15 is 0 Å². The zero-order valence-electron chi connectivity index (χ0n) is 10.6. The molecule has 0 bridgehead atoms. The third kappa shape index (κ3) is 3.72. The van der Waals surface area contributed by atoms with Crippen molar-refractivity contribution < 1.29 is 0 Å². The van der Waals surface area contributed by atoms with Gasteiger partial charge in [0, 0.05) is 15.4 Å². The smallest absolute Gasteiger partial charge is 0.0343 e. The third-order valence-corrected chi connectivity index (χ3v) is 5.98. The van der Waals surface area contributed by atoms with Crippen LogP contribution in [0.4, 0.5) is 0 Å². The Labute approximate surface area is 117 Å². The molecule has 0 aliphatic rings. The molecule has 18 heavy (non-hydrogen) atoms. The molecule has 0 radical (unpaired) electrons. The average molecular weight is 275 g/mol. The lowest BCUT2D eigenvalue weighted by Crippen LogP contribution is -2.09. The zero-order valence-corrected chi connectivity index (χ0v) is 12.7. The standard InChI is InChI=1S/C16H19ClSi/c17-12-7-13-18-16(14-8-3-1-4-9-14)15-10-5-2-6-11-15/h1-6,8-11,16H,7,12-13,18H2. The minimum atomic E-state index is -0.167. The fourth-order valence-electron chi connectivity index (χ4n) is 2.34. The first-order valence-electron chi connectivity index (χ1n) is 6.57. The zero-order chi connectivity index (χ0) is 12.6. The molecule has 0 aromatic heterocycles. The van der Waals surface area contributed by atoms with E-state index in [9.17, 15) is 0 Å². The van der Waals surface area contributed by atoms with E-state index in [1.54, 1.807) is 0 Å². The van der Waals surface area contributed by atoms with Crippen LogP contribution in [0.1, 0.15) is 23.1 Å². The fraction of sp³-hybridized carbons (Fsp3) is 0.250. The predicted molar refractivity (Wildman–Crippen MR) is 83.4 cm³/mol. The number of benzene rings is 2. The molecule has 2 rings (SSSR count). The Balaban J connectivity index is 2.18. The van der Waals surface area contributed by atoms with E-state index in [0.29, 0.717) is 5.54 Å². The molecule has 0 nitrogen and oxygen atoms in total. The van der Waals surface area contributed by atoms with Gasteiger partial charge in [-0.05, 0) is 23.1 Å². The van der Waals surface area contributed by atoms with E-state index in [2.05, 4.69) is 60.7 Å². The molecule has 0 aliphatic heterocycles. The van der Waals surface area contributed by atoms with Gasteiger partial charge in [0.05, 0.1) is 0 Å². The second-order valence-corrected chi connectivity index (χ2v) is 7.04. The molecular formula is C16H19ClSi. The van der Waals surface area contributed by atoms with Gasteiger partial charge < -0.3 is 0 Å². The van der Waals surface area contributed by atoms with Crippen LogP contribution in [0, 0.1) is 0 Å². The molecule has 0 amide bonds. The van der Waals surface area contributed by atoms with Gasteiger partial charge in [-0.3, -0.25) is 0 Å². The van der Waals surface area contributed by atoms with Crippen LogP contribution in [0.3, 0.4) is 0 Å². The molecule has 0 heterocycles. The first-order valence-corrected chi connectivity index (χ1v) is 8.93. The van der Waals surface area contributed by atoms with Crippen LogP contribution < -0.4 is 0 Å². The molecule has 2 aromatic rings. The minimum absolute atomic E-state index is 0.167. The molecule has 0 atom stereocenters. The van der Waals surface area contributed by atoms with Gasteiger partial charge in [0.25, 0.3) is 0 Å². The Morgan fingerprint density at radius 1 is 0.833 bits per heavy atom. The molecule has 0 saturated heterocycles. The summed E-state index contributed by atoms with van der Waals surface area (Å²) in [5.74, 6) is 0.795. The van der Waals surface area contributed by atoms with Gasteiger partial charge in [-0.2, -0.15) is 0 Å². The molecule has 94 valence electrons. The number of halogens is 1. The number of alkyl halides is 1. The van der Waals surface area contributed by atoms with Crippen molar-refractivity contribution in [1.29, 1.82) is 0 Å². The maximum atomic E-state index is 5.80. The summed E-state index contributed by atoms with van der Waals surface area (Å²) in [5.41, 5.74) is 3.56. The summed E-state index contributed by atoms with van der Waals surface area (Å²) < 4.78 is 0. The molecule has 0 fully saturated rings. The van der Waals surface area contributed by atoms with Crippen LogP contribution in [0.15, 0.2) is 60.7 Å². The summed E-state index contributed by atoms with van der Waals surface area (Å²) in [6, 6.07) is 23.1. The number of hydrogen-bond donors (Lipinski definition) is 0. The van der Waals surface area contributed by atoms with Crippen molar-refractivity contribution in [3.05, 3.63) is 71.8 Å². The molecule has 0 N–H and O–H groups in total. The Morgan fingerprint density at radius 2 is 1.33 bits per heavy atom. The van der Waals surface area contributed by atoms with Gasteiger partial charge in [-0.15, -0.1) is 11.6 Å². The molecule has 0 aliphatic carbocycles. The summed E-state index contributed by atoms with van der Waals surface area (Å²) in [6.45, 7) is 0. The van der Waals surface area contributed by atoms with E-state index in [1.807, 2.05) is 0 Å². The van der Waals surface area contributed by atoms with Gasteiger partial charge in [0.2, 0.25) is 0 Å². The second-order valence-electron chi connectivity index (χ2n) is 4.56. The quantitative estimate of drug-likeness (QED) is 0.424. The van der Waals surface area contributed by atoms with Crippen molar-refractivity contribution in [2.45, 2.75) is 18.0 Å². The van der Waals surface area contributed by atoms with Crippen LogP contribution in [0.25, 0.3) is 0 Å². The van der Waals surface area contributed by atoms with Crippen LogP contribution in [0.2, 0.25) is 6.04 Å². The summed E-state index contributed by atoms with van der Waals surface area (Å²) in [7, 11) is -0.167. The molecule has 2 aromatic carbocycles. The van der Waals surface area contributed by atoms with Gasteiger partial charge >= 0.3 is 0 Å². The first kappa shape index (κ1) is 13.4. The van der Waals surface area contributed by atoms with E-state index in [-0.39, 0.29) is 9.52 Å². The highest BCUT2D eigenvalue weighted by atomic mass is 35.5. The van der Waals surface area contributed by atoms with Crippen molar-refractivity contribution in [3.63, 3.8) is 0 Å². The van der Waals surface area contributed by atoms with Crippen molar-refractivity contribution >= 4 is 21.1 Å². The highest BCUT2D eigenvalue weighted by Gasteiger charge is 2.13.